The molecule has 2 aromatic carbocycles. The van der Waals surface area contributed by atoms with Gasteiger partial charge in [0.05, 0.1) is 38.6 Å². The lowest BCUT2D eigenvalue weighted by molar-refractivity contribution is 0.0539. The molecule has 8 heteroatoms. The molecule has 0 saturated heterocycles. The first-order valence-corrected chi connectivity index (χ1v) is 9.71. The second-order valence-electron chi connectivity index (χ2n) is 7.07. The fourth-order valence-electron chi connectivity index (χ4n) is 3.77. The van der Waals surface area contributed by atoms with Crippen molar-refractivity contribution in [3.05, 3.63) is 77.2 Å². The van der Waals surface area contributed by atoms with Crippen LogP contribution in [0.2, 0.25) is 0 Å². The number of halogens is 1. The molecule has 0 radical (unpaired) electrons. The minimum Gasteiger partial charge on any atom is -0.496 e. The van der Waals surface area contributed by atoms with E-state index in [0.717, 1.165) is 0 Å². The van der Waals surface area contributed by atoms with Crippen LogP contribution in [0.25, 0.3) is 0 Å². The van der Waals surface area contributed by atoms with Crippen LogP contribution in [0.5, 0.6) is 11.5 Å². The van der Waals surface area contributed by atoms with Crippen molar-refractivity contribution < 1.29 is 23.8 Å². The standard InChI is InChI=1S/C23H22FN3O4/c1-30-19-9-10-20(31-2)21-15(19)12-27(13-18(21)28)23(29)14-6-5-11-25-22(14)26-17-8-4-3-7-16(17)24/h3-11,18,28H,12-13H2,1-2H3,(H,25,26). The van der Waals surface area contributed by atoms with Gasteiger partial charge in [-0.2, -0.15) is 0 Å². The summed E-state index contributed by atoms with van der Waals surface area (Å²) >= 11 is 0. The Morgan fingerprint density at radius 1 is 1.13 bits per heavy atom. The summed E-state index contributed by atoms with van der Waals surface area (Å²) in [5.74, 6) is 0.532. The van der Waals surface area contributed by atoms with Crippen molar-refractivity contribution in [3.8, 4) is 11.5 Å². The molecule has 0 aliphatic carbocycles. The molecule has 0 bridgehead atoms. The average Bonchev–Trinajstić information content (AvgIpc) is 2.79. The number of fused-ring (bicyclic) bond motifs is 1. The first-order valence-electron chi connectivity index (χ1n) is 9.71. The Labute approximate surface area is 179 Å². The summed E-state index contributed by atoms with van der Waals surface area (Å²) in [7, 11) is 3.06. The summed E-state index contributed by atoms with van der Waals surface area (Å²) in [5.41, 5.74) is 1.78. The number of nitrogens with one attached hydrogen (secondary N) is 1. The Morgan fingerprint density at radius 3 is 2.61 bits per heavy atom. The van der Waals surface area contributed by atoms with E-state index in [9.17, 15) is 14.3 Å². The second-order valence-corrected chi connectivity index (χ2v) is 7.07. The number of anilines is 2. The number of pyridine rings is 1. The maximum absolute atomic E-state index is 14.1. The Kier molecular flexibility index (Phi) is 5.73. The predicted octanol–water partition coefficient (Wildman–Crippen LogP) is 3.67. The van der Waals surface area contributed by atoms with Crippen molar-refractivity contribution in [1.29, 1.82) is 0 Å². The van der Waals surface area contributed by atoms with Crippen LogP contribution in [0, 0.1) is 5.82 Å². The highest BCUT2D eigenvalue weighted by Gasteiger charge is 2.33. The molecule has 160 valence electrons. The summed E-state index contributed by atoms with van der Waals surface area (Å²) < 4.78 is 24.9. The summed E-state index contributed by atoms with van der Waals surface area (Å²) in [6.45, 7) is 0.295. The number of amides is 1. The highest BCUT2D eigenvalue weighted by molar-refractivity contribution is 5.99. The largest absolute Gasteiger partial charge is 0.496 e. The van der Waals surface area contributed by atoms with E-state index in [0.29, 0.717) is 22.6 Å². The van der Waals surface area contributed by atoms with Gasteiger partial charge in [0.1, 0.15) is 29.2 Å². The molecule has 1 aromatic heterocycles. The third kappa shape index (κ3) is 3.89. The van der Waals surface area contributed by atoms with Crippen LogP contribution < -0.4 is 14.8 Å². The van der Waals surface area contributed by atoms with Gasteiger partial charge in [-0.25, -0.2) is 9.37 Å². The fraction of sp³-hybridized carbons (Fsp3) is 0.217. The van der Waals surface area contributed by atoms with Crippen molar-refractivity contribution in [3.63, 3.8) is 0 Å². The molecule has 0 saturated carbocycles. The Morgan fingerprint density at radius 2 is 1.87 bits per heavy atom. The van der Waals surface area contributed by atoms with Gasteiger partial charge < -0.3 is 24.8 Å². The van der Waals surface area contributed by atoms with E-state index >= 15 is 0 Å². The molecule has 2 N–H and O–H groups in total. The number of carbonyl (C=O) groups excluding carboxylic acids is 1. The van der Waals surface area contributed by atoms with Crippen LogP contribution in [0.1, 0.15) is 27.6 Å². The smallest absolute Gasteiger partial charge is 0.258 e. The molecule has 4 rings (SSSR count). The molecule has 1 atom stereocenters. The van der Waals surface area contributed by atoms with Crippen LogP contribution in [0.4, 0.5) is 15.9 Å². The number of para-hydroxylation sites is 1. The Balaban J connectivity index is 1.67. The van der Waals surface area contributed by atoms with Gasteiger partial charge in [0.25, 0.3) is 5.91 Å². The normalized spacial score (nSPS) is 15.2. The number of carbonyl (C=O) groups is 1. The number of aromatic nitrogens is 1. The zero-order valence-electron chi connectivity index (χ0n) is 17.1. The van der Waals surface area contributed by atoms with Crippen molar-refractivity contribution >= 4 is 17.4 Å². The van der Waals surface area contributed by atoms with Crippen molar-refractivity contribution in [2.24, 2.45) is 0 Å². The number of hydrogen-bond donors (Lipinski definition) is 2. The van der Waals surface area contributed by atoms with Crippen molar-refractivity contribution in [2.45, 2.75) is 12.6 Å². The van der Waals surface area contributed by atoms with Gasteiger partial charge in [0.2, 0.25) is 0 Å². The quantitative estimate of drug-likeness (QED) is 0.652. The number of β-amino-alcohol motifs (C(OH)–C–C–N with tert-alkyl or cyclic N) is 1. The summed E-state index contributed by atoms with van der Waals surface area (Å²) in [5, 5.41) is 13.7. The maximum Gasteiger partial charge on any atom is 0.258 e. The first kappa shape index (κ1) is 20.6. The minimum atomic E-state index is -0.947. The fourth-order valence-corrected chi connectivity index (χ4v) is 3.77. The minimum absolute atomic E-state index is 0.0728. The SMILES string of the molecule is COc1ccc(OC)c2c1CN(C(=O)c1cccnc1Nc1ccccc1F)CC2O. The van der Waals surface area contributed by atoms with Crippen molar-refractivity contribution in [1.82, 2.24) is 9.88 Å². The van der Waals surface area contributed by atoms with E-state index in [2.05, 4.69) is 10.3 Å². The molecular formula is C23H22FN3O4. The Bertz CT molecular complexity index is 1120. The zero-order valence-corrected chi connectivity index (χ0v) is 17.1. The van der Waals surface area contributed by atoms with E-state index in [-0.39, 0.29) is 36.1 Å². The van der Waals surface area contributed by atoms with Gasteiger partial charge >= 0.3 is 0 Å². The van der Waals surface area contributed by atoms with E-state index in [1.807, 2.05) is 0 Å². The van der Waals surface area contributed by atoms with Crippen LogP contribution in [0.15, 0.2) is 54.7 Å². The molecule has 1 aliphatic rings. The lowest BCUT2D eigenvalue weighted by Crippen LogP contribution is -2.39. The molecule has 1 amide bonds. The number of hydrogen-bond acceptors (Lipinski definition) is 6. The van der Waals surface area contributed by atoms with E-state index < -0.39 is 11.9 Å². The molecule has 2 heterocycles. The lowest BCUT2D eigenvalue weighted by Gasteiger charge is -2.34. The number of methoxy groups -OCH3 is 2. The Hall–Kier alpha value is -3.65. The van der Waals surface area contributed by atoms with Crippen LogP contribution in [-0.4, -0.2) is 41.7 Å². The number of benzene rings is 2. The molecule has 0 fully saturated rings. The maximum atomic E-state index is 14.1. The highest BCUT2D eigenvalue weighted by Crippen LogP contribution is 2.40. The predicted molar refractivity (Wildman–Crippen MR) is 113 cm³/mol. The molecule has 31 heavy (non-hydrogen) atoms. The molecular weight excluding hydrogens is 401 g/mol. The first-order chi connectivity index (χ1) is 15.0. The van der Waals surface area contributed by atoms with Gasteiger partial charge in [-0.1, -0.05) is 12.1 Å². The lowest BCUT2D eigenvalue weighted by atomic mass is 9.94. The van der Waals surface area contributed by atoms with Crippen LogP contribution >= 0.6 is 0 Å². The number of aliphatic hydroxyl groups excluding tert-OH is 1. The number of ether oxygens (including phenoxy) is 2. The topological polar surface area (TPSA) is 83.9 Å². The molecule has 3 aromatic rings. The number of rotatable bonds is 5. The van der Waals surface area contributed by atoms with E-state index in [1.54, 1.807) is 42.5 Å². The number of nitrogens with zero attached hydrogens (tertiary/aromatic N) is 2. The number of aliphatic hydroxyl groups is 1. The monoisotopic (exact) mass is 423 g/mol. The third-order valence-electron chi connectivity index (χ3n) is 5.24. The van der Waals surface area contributed by atoms with Crippen molar-refractivity contribution in [2.75, 3.05) is 26.1 Å². The molecule has 1 unspecified atom stereocenters. The average molecular weight is 423 g/mol. The molecule has 0 spiro atoms. The van der Waals surface area contributed by atoms with Crippen LogP contribution in [-0.2, 0) is 6.54 Å². The van der Waals surface area contributed by atoms with Gasteiger partial charge in [-0.3, -0.25) is 4.79 Å². The summed E-state index contributed by atoms with van der Waals surface area (Å²) in [6.07, 6.45) is 0.575. The zero-order chi connectivity index (χ0) is 22.0. The van der Waals surface area contributed by atoms with Gasteiger partial charge in [0, 0.05) is 17.3 Å². The summed E-state index contributed by atoms with van der Waals surface area (Å²) in [4.78, 5) is 19.1. The van der Waals surface area contributed by atoms with Gasteiger partial charge in [-0.05, 0) is 36.4 Å². The summed E-state index contributed by atoms with van der Waals surface area (Å²) in [6, 6.07) is 12.9. The van der Waals surface area contributed by atoms with E-state index in [4.69, 9.17) is 9.47 Å². The van der Waals surface area contributed by atoms with Crippen LogP contribution in [0.3, 0.4) is 0 Å². The highest BCUT2D eigenvalue weighted by atomic mass is 19.1. The third-order valence-corrected chi connectivity index (χ3v) is 5.24. The second kappa shape index (κ2) is 8.61. The molecule has 1 aliphatic heterocycles. The molecule has 7 nitrogen and oxygen atoms in total. The van der Waals surface area contributed by atoms with E-state index in [1.165, 1.54) is 31.4 Å². The van der Waals surface area contributed by atoms with Gasteiger partial charge in [-0.15, -0.1) is 0 Å². The van der Waals surface area contributed by atoms with Gasteiger partial charge in [0.15, 0.2) is 0 Å².